The highest BCUT2D eigenvalue weighted by molar-refractivity contribution is 5.13. The maximum absolute atomic E-state index is 4.20. The molecule has 88 valence electrons. The second-order valence-electron chi connectivity index (χ2n) is 4.64. The van der Waals surface area contributed by atoms with Crippen LogP contribution in [0.5, 0.6) is 0 Å². The zero-order chi connectivity index (χ0) is 11.4. The summed E-state index contributed by atoms with van der Waals surface area (Å²) in [7, 11) is 0. The van der Waals surface area contributed by atoms with Crippen molar-refractivity contribution in [2.24, 2.45) is 0 Å². The van der Waals surface area contributed by atoms with Gasteiger partial charge in [-0.05, 0) is 31.9 Å². The van der Waals surface area contributed by atoms with Crippen LogP contribution in [0.4, 0.5) is 0 Å². The van der Waals surface area contributed by atoms with Gasteiger partial charge < -0.3 is 5.32 Å². The summed E-state index contributed by atoms with van der Waals surface area (Å²) in [6.07, 6.45) is 5.04. The van der Waals surface area contributed by atoms with Crippen LogP contribution in [0, 0.1) is 0 Å². The van der Waals surface area contributed by atoms with Gasteiger partial charge in [0.1, 0.15) is 0 Å². The Kier molecular flexibility index (Phi) is 3.91. The molecule has 0 amide bonds. The summed E-state index contributed by atoms with van der Waals surface area (Å²) in [5.41, 5.74) is 1.32. The minimum atomic E-state index is 0.473. The zero-order valence-electron chi connectivity index (χ0n) is 10.2. The lowest BCUT2D eigenvalue weighted by atomic mass is 10.1. The Morgan fingerprint density at radius 2 is 2.38 bits per heavy atom. The molecule has 0 radical (unpaired) electrons. The molecule has 1 aliphatic rings. The third kappa shape index (κ3) is 2.80. The first-order valence-electron chi connectivity index (χ1n) is 6.14. The van der Waals surface area contributed by atoms with Crippen LogP contribution in [-0.4, -0.2) is 35.6 Å². The van der Waals surface area contributed by atoms with Gasteiger partial charge in [0.25, 0.3) is 0 Å². The van der Waals surface area contributed by atoms with Crippen LogP contribution in [0.2, 0.25) is 0 Å². The molecule has 1 fully saturated rings. The van der Waals surface area contributed by atoms with Gasteiger partial charge in [-0.3, -0.25) is 9.88 Å². The molecule has 3 heteroatoms. The lowest BCUT2D eigenvalue weighted by molar-refractivity contribution is 0.223. The van der Waals surface area contributed by atoms with E-state index in [1.807, 2.05) is 18.5 Å². The highest BCUT2D eigenvalue weighted by Gasteiger charge is 2.19. The molecule has 1 aromatic rings. The second kappa shape index (κ2) is 5.41. The molecule has 1 aromatic heterocycles. The Morgan fingerprint density at radius 3 is 3.12 bits per heavy atom. The quantitative estimate of drug-likeness (QED) is 0.822. The fourth-order valence-electron chi connectivity index (χ4n) is 2.25. The molecule has 0 saturated carbocycles. The molecule has 3 nitrogen and oxygen atoms in total. The van der Waals surface area contributed by atoms with Gasteiger partial charge in [0.2, 0.25) is 0 Å². The second-order valence-corrected chi connectivity index (χ2v) is 4.64. The standard InChI is InChI=1S/C13H21N3/c1-11-5-8-16(9-7-15-11)12(2)13-4-3-6-14-10-13/h3-4,6,10-12,15H,5,7-9H2,1-2H3. The Labute approximate surface area is 97.9 Å². The van der Waals surface area contributed by atoms with E-state index in [4.69, 9.17) is 0 Å². The smallest absolute Gasteiger partial charge is 0.0335 e. The van der Waals surface area contributed by atoms with E-state index < -0.39 is 0 Å². The average molecular weight is 219 g/mol. The van der Waals surface area contributed by atoms with Crippen molar-refractivity contribution < 1.29 is 0 Å². The Hall–Kier alpha value is -0.930. The van der Waals surface area contributed by atoms with Crippen LogP contribution in [0.25, 0.3) is 0 Å². The third-order valence-corrected chi connectivity index (χ3v) is 3.46. The molecule has 0 bridgehead atoms. The minimum Gasteiger partial charge on any atom is -0.313 e. The van der Waals surface area contributed by atoms with Crippen LogP contribution >= 0.6 is 0 Å². The maximum atomic E-state index is 4.20. The topological polar surface area (TPSA) is 28.2 Å². The number of hydrogen-bond donors (Lipinski definition) is 1. The van der Waals surface area contributed by atoms with Crippen LogP contribution in [0.1, 0.15) is 31.9 Å². The number of hydrogen-bond acceptors (Lipinski definition) is 3. The summed E-state index contributed by atoms with van der Waals surface area (Å²) < 4.78 is 0. The molecule has 0 aromatic carbocycles. The molecule has 2 heterocycles. The summed E-state index contributed by atoms with van der Waals surface area (Å²) >= 11 is 0. The van der Waals surface area contributed by atoms with Crippen molar-refractivity contribution in [2.45, 2.75) is 32.4 Å². The molecule has 2 rings (SSSR count). The highest BCUT2D eigenvalue weighted by atomic mass is 15.2. The summed E-state index contributed by atoms with van der Waals surface area (Å²) in [5, 5.41) is 3.52. The summed E-state index contributed by atoms with van der Waals surface area (Å²) in [6.45, 7) is 7.92. The van der Waals surface area contributed by atoms with Gasteiger partial charge >= 0.3 is 0 Å². The van der Waals surface area contributed by atoms with Crippen LogP contribution in [-0.2, 0) is 0 Å². The average Bonchev–Trinajstić information content (AvgIpc) is 2.54. The van der Waals surface area contributed by atoms with E-state index in [1.165, 1.54) is 18.5 Å². The van der Waals surface area contributed by atoms with Gasteiger partial charge in [-0.25, -0.2) is 0 Å². The molecular weight excluding hydrogens is 198 g/mol. The normalized spacial score (nSPS) is 25.0. The SMILES string of the molecule is CC1CCN(C(C)c2cccnc2)CCN1. The van der Waals surface area contributed by atoms with Gasteiger partial charge in [-0.2, -0.15) is 0 Å². The first kappa shape index (κ1) is 11.6. The first-order chi connectivity index (χ1) is 7.77. The molecule has 1 saturated heterocycles. The van der Waals surface area contributed by atoms with E-state index in [9.17, 15) is 0 Å². The molecule has 16 heavy (non-hydrogen) atoms. The maximum Gasteiger partial charge on any atom is 0.0335 e. The number of rotatable bonds is 2. The zero-order valence-corrected chi connectivity index (χ0v) is 10.2. The number of pyridine rings is 1. The van der Waals surface area contributed by atoms with Crippen LogP contribution < -0.4 is 5.32 Å². The number of nitrogens with one attached hydrogen (secondary N) is 1. The Bertz CT molecular complexity index is 312. The van der Waals surface area contributed by atoms with E-state index in [0.717, 1.165) is 13.1 Å². The predicted octanol–water partition coefficient (Wildman–Crippen LogP) is 1.83. The van der Waals surface area contributed by atoms with Gasteiger partial charge in [-0.15, -0.1) is 0 Å². The number of nitrogens with zero attached hydrogens (tertiary/aromatic N) is 2. The highest BCUT2D eigenvalue weighted by Crippen LogP contribution is 2.20. The van der Waals surface area contributed by atoms with Gasteiger partial charge in [0, 0.05) is 44.1 Å². The van der Waals surface area contributed by atoms with Gasteiger partial charge in [0.05, 0.1) is 0 Å². The largest absolute Gasteiger partial charge is 0.313 e. The van der Waals surface area contributed by atoms with Crippen molar-refractivity contribution in [1.82, 2.24) is 15.2 Å². The summed E-state index contributed by atoms with van der Waals surface area (Å²) in [4.78, 5) is 6.73. The first-order valence-corrected chi connectivity index (χ1v) is 6.14. The molecule has 0 aliphatic carbocycles. The van der Waals surface area contributed by atoms with Crippen LogP contribution in [0.15, 0.2) is 24.5 Å². The molecule has 2 atom stereocenters. The van der Waals surface area contributed by atoms with Gasteiger partial charge in [-0.1, -0.05) is 6.07 Å². The van der Waals surface area contributed by atoms with Crippen molar-refractivity contribution in [3.63, 3.8) is 0 Å². The van der Waals surface area contributed by atoms with Crippen LogP contribution in [0.3, 0.4) is 0 Å². The van der Waals surface area contributed by atoms with Crippen molar-refractivity contribution >= 4 is 0 Å². The van der Waals surface area contributed by atoms with E-state index in [2.05, 4.69) is 35.1 Å². The van der Waals surface area contributed by atoms with E-state index >= 15 is 0 Å². The third-order valence-electron chi connectivity index (χ3n) is 3.46. The fraction of sp³-hybridized carbons (Fsp3) is 0.615. The monoisotopic (exact) mass is 219 g/mol. The lowest BCUT2D eigenvalue weighted by Crippen LogP contribution is -2.31. The van der Waals surface area contributed by atoms with Crippen molar-refractivity contribution in [3.05, 3.63) is 30.1 Å². The van der Waals surface area contributed by atoms with Crippen molar-refractivity contribution in [3.8, 4) is 0 Å². The van der Waals surface area contributed by atoms with E-state index in [0.29, 0.717) is 12.1 Å². The van der Waals surface area contributed by atoms with Crippen molar-refractivity contribution in [1.29, 1.82) is 0 Å². The lowest BCUT2D eigenvalue weighted by Gasteiger charge is -2.27. The number of aromatic nitrogens is 1. The molecular formula is C13H21N3. The Morgan fingerprint density at radius 1 is 1.50 bits per heavy atom. The molecule has 1 N–H and O–H groups in total. The van der Waals surface area contributed by atoms with Gasteiger partial charge in [0.15, 0.2) is 0 Å². The van der Waals surface area contributed by atoms with Crippen molar-refractivity contribution in [2.75, 3.05) is 19.6 Å². The molecule has 0 spiro atoms. The predicted molar refractivity (Wildman–Crippen MR) is 66.3 cm³/mol. The summed E-state index contributed by atoms with van der Waals surface area (Å²) in [5.74, 6) is 0. The van der Waals surface area contributed by atoms with E-state index in [1.54, 1.807) is 0 Å². The molecule has 2 unspecified atom stereocenters. The Balaban J connectivity index is 2.01. The summed E-state index contributed by atoms with van der Waals surface area (Å²) in [6, 6.07) is 5.30. The minimum absolute atomic E-state index is 0.473. The fourth-order valence-corrected chi connectivity index (χ4v) is 2.25. The molecule has 1 aliphatic heterocycles. The van der Waals surface area contributed by atoms with E-state index in [-0.39, 0.29) is 0 Å².